The van der Waals surface area contributed by atoms with Crippen LogP contribution in [-0.2, 0) is 56.5 Å². The van der Waals surface area contributed by atoms with Crippen molar-refractivity contribution in [2.75, 3.05) is 6.61 Å². The van der Waals surface area contributed by atoms with Crippen LogP contribution in [0.5, 0.6) is 0 Å². The molecule has 0 bridgehead atoms. The van der Waals surface area contributed by atoms with Crippen molar-refractivity contribution in [3.63, 3.8) is 0 Å². The second kappa shape index (κ2) is 19.3. The highest BCUT2D eigenvalue weighted by molar-refractivity contribution is 7.19. The van der Waals surface area contributed by atoms with Crippen LogP contribution in [0.25, 0.3) is 20.9 Å². The Morgan fingerprint density at radius 1 is 0.483 bits per heavy atom. The van der Waals surface area contributed by atoms with Gasteiger partial charge in [-0.3, -0.25) is 0 Å². The Kier molecular flexibility index (Phi) is 12.8. The Balaban J connectivity index is 1.13. The van der Waals surface area contributed by atoms with Crippen molar-refractivity contribution in [3.8, 4) is 0 Å². The van der Waals surface area contributed by atoms with Gasteiger partial charge in [-0.2, -0.15) is 0 Å². The van der Waals surface area contributed by atoms with E-state index in [1.54, 1.807) is 17.4 Å². The van der Waals surface area contributed by atoms with Crippen molar-refractivity contribution in [3.05, 3.63) is 226 Å². The molecule has 302 valence electrons. The SMILES string of the molecule is Fc1ccc2sc(Cc3cc(C4O[C@H](COCc5ccccc5)[C@H](OCc5ccccc5)[C@H](OCc5ccccc5)[C@@H]4OCc4ccccc4)c4ccccc4c3)cc2c1. The van der Waals surface area contributed by atoms with Gasteiger partial charge in [-0.25, -0.2) is 4.39 Å². The van der Waals surface area contributed by atoms with Crippen molar-refractivity contribution in [1.29, 1.82) is 0 Å². The van der Waals surface area contributed by atoms with E-state index in [0.29, 0.717) is 32.8 Å². The summed E-state index contributed by atoms with van der Waals surface area (Å²) in [5, 5.41) is 3.09. The molecule has 0 aliphatic carbocycles. The first-order valence-electron chi connectivity index (χ1n) is 20.6. The summed E-state index contributed by atoms with van der Waals surface area (Å²) in [4.78, 5) is 1.16. The van der Waals surface area contributed by atoms with Gasteiger partial charge in [0.1, 0.15) is 36.3 Å². The monoisotopic (exact) mass is 814 g/mol. The van der Waals surface area contributed by atoms with E-state index in [1.807, 2.05) is 78.9 Å². The van der Waals surface area contributed by atoms with Crippen LogP contribution in [0.1, 0.15) is 44.4 Å². The zero-order chi connectivity index (χ0) is 40.5. The third-order valence-corrected chi connectivity index (χ3v) is 12.2. The maximum absolute atomic E-state index is 14.2. The lowest BCUT2D eigenvalue weighted by molar-refractivity contribution is -0.274. The molecule has 1 saturated heterocycles. The largest absolute Gasteiger partial charge is 0.374 e. The Labute approximate surface area is 354 Å². The lowest BCUT2D eigenvalue weighted by atomic mass is 9.87. The lowest BCUT2D eigenvalue weighted by Gasteiger charge is -2.46. The first-order chi connectivity index (χ1) is 29.6. The summed E-state index contributed by atoms with van der Waals surface area (Å²) in [5.74, 6) is -0.228. The van der Waals surface area contributed by atoms with Crippen molar-refractivity contribution >= 4 is 32.2 Å². The normalized spacial score (nSPS) is 19.2. The average molecular weight is 815 g/mol. The molecule has 0 N–H and O–H groups in total. The van der Waals surface area contributed by atoms with E-state index in [1.165, 1.54) is 6.07 Å². The van der Waals surface area contributed by atoms with Crippen LogP contribution in [0.4, 0.5) is 4.39 Å². The maximum Gasteiger partial charge on any atom is 0.123 e. The first kappa shape index (κ1) is 39.9. The first-order valence-corrected chi connectivity index (χ1v) is 21.4. The molecule has 1 aliphatic heterocycles. The Morgan fingerprint density at radius 2 is 1.03 bits per heavy atom. The molecule has 9 rings (SSSR count). The van der Waals surface area contributed by atoms with Crippen LogP contribution < -0.4 is 0 Å². The molecule has 5 atom stereocenters. The third kappa shape index (κ3) is 9.75. The van der Waals surface area contributed by atoms with E-state index in [-0.39, 0.29) is 12.4 Å². The summed E-state index contributed by atoms with van der Waals surface area (Å²) >= 11 is 1.69. The van der Waals surface area contributed by atoms with Gasteiger partial charge < -0.3 is 23.7 Å². The third-order valence-electron chi connectivity index (χ3n) is 11.1. The highest BCUT2D eigenvalue weighted by Gasteiger charge is 2.49. The average Bonchev–Trinajstić information content (AvgIpc) is 3.69. The molecule has 0 amide bonds. The highest BCUT2D eigenvalue weighted by Crippen LogP contribution is 2.42. The van der Waals surface area contributed by atoms with E-state index in [4.69, 9.17) is 23.7 Å². The molecule has 1 aromatic heterocycles. The van der Waals surface area contributed by atoms with Gasteiger partial charge >= 0.3 is 0 Å². The molecule has 0 spiro atoms. The molecule has 1 fully saturated rings. The summed E-state index contributed by atoms with van der Waals surface area (Å²) in [6.45, 7) is 1.78. The van der Waals surface area contributed by atoms with Gasteiger partial charge in [-0.05, 0) is 73.8 Å². The fraction of sp³-hybridized carbons (Fsp3) is 0.208. The van der Waals surface area contributed by atoms with Crippen LogP contribution in [0, 0.1) is 5.82 Å². The van der Waals surface area contributed by atoms with Crippen LogP contribution in [-0.4, -0.2) is 31.0 Å². The molecule has 1 aliphatic rings. The molecule has 8 aromatic rings. The second-order valence-electron chi connectivity index (χ2n) is 15.4. The summed E-state index contributed by atoms with van der Waals surface area (Å²) in [6.07, 6.45) is -2.07. The number of halogens is 1. The number of thiophene rings is 1. The topological polar surface area (TPSA) is 46.2 Å². The number of rotatable bonds is 16. The molecule has 7 heteroatoms. The van der Waals surface area contributed by atoms with E-state index >= 15 is 0 Å². The minimum Gasteiger partial charge on any atom is -0.374 e. The Morgan fingerprint density at radius 3 is 1.67 bits per heavy atom. The van der Waals surface area contributed by atoms with Crippen LogP contribution in [0.3, 0.4) is 0 Å². The number of fused-ring (bicyclic) bond motifs is 2. The van der Waals surface area contributed by atoms with E-state index < -0.39 is 30.5 Å². The molecule has 1 unspecified atom stereocenters. The van der Waals surface area contributed by atoms with Gasteiger partial charge in [0.05, 0.1) is 33.0 Å². The van der Waals surface area contributed by atoms with Gasteiger partial charge in [0.15, 0.2) is 0 Å². The van der Waals surface area contributed by atoms with E-state index in [2.05, 4.69) is 91.0 Å². The molecular formula is C53H47FO5S. The lowest BCUT2D eigenvalue weighted by Crippen LogP contribution is -2.58. The maximum atomic E-state index is 14.2. The minimum atomic E-state index is -0.578. The van der Waals surface area contributed by atoms with Gasteiger partial charge in [0.25, 0.3) is 0 Å². The van der Waals surface area contributed by atoms with Gasteiger partial charge in [0, 0.05) is 16.0 Å². The molecule has 2 heterocycles. The zero-order valence-electron chi connectivity index (χ0n) is 33.3. The van der Waals surface area contributed by atoms with Crippen molar-refractivity contribution < 1.29 is 28.1 Å². The van der Waals surface area contributed by atoms with Crippen molar-refractivity contribution in [1.82, 2.24) is 0 Å². The second-order valence-corrected chi connectivity index (χ2v) is 16.5. The zero-order valence-corrected chi connectivity index (χ0v) is 34.1. The Bertz CT molecular complexity index is 2580. The van der Waals surface area contributed by atoms with Gasteiger partial charge in [0.2, 0.25) is 0 Å². The van der Waals surface area contributed by atoms with Gasteiger partial charge in [-0.1, -0.05) is 158 Å². The molecular weight excluding hydrogens is 768 g/mol. The molecule has 0 radical (unpaired) electrons. The van der Waals surface area contributed by atoms with E-state index in [9.17, 15) is 4.39 Å². The summed E-state index contributed by atoms with van der Waals surface area (Å²) in [6, 6.07) is 60.9. The van der Waals surface area contributed by atoms with Crippen molar-refractivity contribution in [2.45, 2.75) is 63.4 Å². The van der Waals surface area contributed by atoms with Crippen molar-refractivity contribution in [2.24, 2.45) is 0 Å². The predicted molar refractivity (Wildman–Crippen MR) is 237 cm³/mol. The molecule has 0 saturated carbocycles. The number of hydrogen-bond donors (Lipinski definition) is 0. The molecule has 5 nitrogen and oxygen atoms in total. The van der Waals surface area contributed by atoms with Gasteiger partial charge in [-0.15, -0.1) is 11.3 Å². The van der Waals surface area contributed by atoms with Crippen LogP contribution in [0.2, 0.25) is 0 Å². The van der Waals surface area contributed by atoms with E-state index in [0.717, 1.165) is 59.1 Å². The fourth-order valence-electron chi connectivity index (χ4n) is 8.14. The number of benzene rings is 7. The summed E-state index contributed by atoms with van der Waals surface area (Å²) < 4.78 is 50.3. The standard InChI is InChI=1S/C53H47FO5S/c54-44-25-26-49-43(30-44)31-45(60-49)28-41-27-42-23-13-14-24-46(42)47(29-41)50-52(57-34-39-19-9-3-10-20-39)53(58-35-40-21-11-4-12-22-40)51(56-33-38-17-7-2-8-18-38)48(59-50)36-55-32-37-15-5-1-6-16-37/h1-27,29-31,48,50-53H,28,32-36H2/t48-,50?,51+,52-,53+/m1/s1. The highest BCUT2D eigenvalue weighted by atomic mass is 32.1. The fourth-order valence-corrected chi connectivity index (χ4v) is 9.22. The predicted octanol–water partition coefficient (Wildman–Crippen LogP) is 12.2. The number of ether oxygens (including phenoxy) is 5. The number of hydrogen-bond acceptors (Lipinski definition) is 6. The summed E-state index contributed by atoms with van der Waals surface area (Å²) in [5.41, 5.74) is 6.37. The Hall–Kier alpha value is -5.51. The smallest absolute Gasteiger partial charge is 0.123 e. The molecule has 7 aromatic carbocycles. The quantitative estimate of drug-likeness (QED) is 0.0972. The minimum absolute atomic E-state index is 0.228. The van der Waals surface area contributed by atoms with Crippen LogP contribution >= 0.6 is 11.3 Å². The van der Waals surface area contributed by atoms with Crippen LogP contribution in [0.15, 0.2) is 182 Å². The summed E-state index contributed by atoms with van der Waals surface area (Å²) in [7, 11) is 0. The molecule has 60 heavy (non-hydrogen) atoms.